The number of halogens is 1. The Kier molecular flexibility index (Phi) is 5.26. The first-order valence-electron chi connectivity index (χ1n) is 4.99. The molecule has 2 atom stereocenters. The maximum absolute atomic E-state index is 10.0. The van der Waals surface area contributed by atoms with E-state index in [2.05, 4.69) is 29.8 Å². The molecule has 0 amide bonds. The molecule has 0 aliphatic carbocycles. The maximum atomic E-state index is 10.0. The van der Waals surface area contributed by atoms with Crippen LogP contribution >= 0.6 is 27.3 Å². The molecule has 2 unspecified atom stereocenters. The summed E-state index contributed by atoms with van der Waals surface area (Å²) < 4.78 is 6.38. The standard InChI is InChI=1S/C11H17BrO2S/c1-7(2)11(14-3)9(13)6-10-8(12)4-5-15-10/h4-5,7,9,11,13H,6H2,1-3H3. The molecule has 0 saturated carbocycles. The molecule has 0 aliphatic rings. The van der Waals surface area contributed by atoms with Crippen molar-refractivity contribution in [2.24, 2.45) is 5.92 Å². The predicted octanol–water partition coefficient (Wildman–Crippen LogP) is 3.09. The van der Waals surface area contributed by atoms with E-state index in [4.69, 9.17) is 4.74 Å². The van der Waals surface area contributed by atoms with E-state index in [0.717, 1.165) is 4.47 Å². The minimum atomic E-state index is -0.440. The minimum Gasteiger partial charge on any atom is -0.390 e. The zero-order valence-corrected chi connectivity index (χ0v) is 11.6. The van der Waals surface area contributed by atoms with Crippen LogP contribution in [0.4, 0.5) is 0 Å². The van der Waals surface area contributed by atoms with Crippen LogP contribution in [0.3, 0.4) is 0 Å². The van der Waals surface area contributed by atoms with Gasteiger partial charge in [0.05, 0.1) is 12.2 Å². The number of ether oxygens (including phenoxy) is 1. The van der Waals surface area contributed by atoms with E-state index < -0.39 is 6.10 Å². The number of rotatable bonds is 5. The monoisotopic (exact) mass is 292 g/mol. The fraction of sp³-hybridized carbons (Fsp3) is 0.636. The second kappa shape index (κ2) is 5.99. The van der Waals surface area contributed by atoms with E-state index in [9.17, 15) is 5.11 Å². The summed E-state index contributed by atoms with van der Waals surface area (Å²) in [6.45, 7) is 4.11. The minimum absolute atomic E-state index is 0.0981. The second-order valence-electron chi connectivity index (χ2n) is 3.91. The van der Waals surface area contributed by atoms with Crippen LogP contribution in [0.15, 0.2) is 15.9 Å². The normalized spacial score (nSPS) is 15.6. The van der Waals surface area contributed by atoms with Gasteiger partial charge in [-0.2, -0.15) is 0 Å². The van der Waals surface area contributed by atoms with Gasteiger partial charge in [0.2, 0.25) is 0 Å². The van der Waals surface area contributed by atoms with Crippen LogP contribution < -0.4 is 0 Å². The Labute approximate surface area is 103 Å². The number of aliphatic hydroxyl groups excluding tert-OH is 1. The van der Waals surface area contributed by atoms with Crippen molar-refractivity contribution in [1.82, 2.24) is 0 Å². The van der Waals surface area contributed by atoms with Gasteiger partial charge in [0.1, 0.15) is 0 Å². The quantitative estimate of drug-likeness (QED) is 0.904. The summed E-state index contributed by atoms with van der Waals surface area (Å²) >= 11 is 5.12. The van der Waals surface area contributed by atoms with Gasteiger partial charge >= 0.3 is 0 Å². The topological polar surface area (TPSA) is 29.5 Å². The maximum Gasteiger partial charge on any atom is 0.0856 e. The fourth-order valence-electron chi connectivity index (χ4n) is 1.65. The Bertz CT molecular complexity index is 299. The van der Waals surface area contributed by atoms with Crippen molar-refractivity contribution in [1.29, 1.82) is 0 Å². The molecule has 0 spiro atoms. The Morgan fingerprint density at radius 2 is 2.20 bits per heavy atom. The van der Waals surface area contributed by atoms with Crippen LogP contribution in [0.5, 0.6) is 0 Å². The van der Waals surface area contributed by atoms with E-state index >= 15 is 0 Å². The van der Waals surface area contributed by atoms with Crippen molar-refractivity contribution in [3.63, 3.8) is 0 Å². The molecule has 86 valence electrons. The number of hydrogen-bond acceptors (Lipinski definition) is 3. The molecule has 15 heavy (non-hydrogen) atoms. The lowest BCUT2D eigenvalue weighted by molar-refractivity contribution is -0.0365. The highest BCUT2D eigenvalue weighted by Gasteiger charge is 2.23. The van der Waals surface area contributed by atoms with Gasteiger partial charge in [0, 0.05) is 22.9 Å². The summed E-state index contributed by atoms with van der Waals surface area (Å²) in [5, 5.41) is 12.1. The molecule has 0 aliphatic heterocycles. The summed E-state index contributed by atoms with van der Waals surface area (Å²) in [7, 11) is 1.65. The third-order valence-electron chi connectivity index (χ3n) is 2.39. The molecule has 1 aromatic rings. The highest BCUT2D eigenvalue weighted by molar-refractivity contribution is 9.10. The van der Waals surface area contributed by atoms with Gasteiger partial charge in [-0.25, -0.2) is 0 Å². The molecular weight excluding hydrogens is 276 g/mol. The molecule has 0 radical (unpaired) electrons. The van der Waals surface area contributed by atoms with Crippen molar-refractivity contribution in [2.45, 2.75) is 32.5 Å². The number of thiophene rings is 1. The average molecular weight is 293 g/mol. The Morgan fingerprint density at radius 3 is 2.60 bits per heavy atom. The zero-order chi connectivity index (χ0) is 11.4. The van der Waals surface area contributed by atoms with Gasteiger partial charge in [-0.1, -0.05) is 13.8 Å². The third-order valence-corrected chi connectivity index (χ3v) is 4.34. The predicted molar refractivity (Wildman–Crippen MR) is 67.4 cm³/mol. The van der Waals surface area contributed by atoms with Gasteiger partial charge in [-0.3, -0.25) is 0 Å². The van der Waals surface area contributed by atoms with Crippen LogP contribution in [-0.2, 0) is 11.2 Å². The van der Waals surface area contributed by atoms with Crippen LogP contribution in [0.2, 0.25) is 0 Å². The van der Waals surface area contributed by atoms with Crippen LogP contribution in [0, 0.1) is 5.92 Å². The summed E-state index contributed by atoms with van der Waals surface area (Å²) in [6, 6.07) is 2.00. The second-order valence-corrected chi connectivity index (χ2v) is 5.76. The molecule has 1 aromatic heterocycles. The largest absolute Gasteiger partial charge is 0.390 e. The summed E-state index contributed by atoms with van der Waals surface area (Å²) in [5.74, 6) is 0.323. The molecule has 2 nitrogen and oxygen atoms in total. The first-order chi connectivity index (χ1) is 7.06. The van der Waals surface area contributed by atoms with Gasteiger partial charge in [-0.05, 0) is 33.3 Å². The van der Waals surface area contributed by atoms with E-state index in [1.165, 1.54) is 4.88 Å². The lowest BCUT2D eigenvalue weighted by Gasteiger charge is -2.24. The first kappa shape index (κ1) is 13.2. The van der Waals surface area contributed by atoms with Crippen molar-refractivity contribution >= 4 is 27.3 Å². The molecule has 1 heterocycles. The summed E-state index contributed by atoms with van der Waals surface area (Å²) in [4.78, 5) is 1.17. The first-order valence-corrected chi connectivity index (χ1v) is 6.66. The van der Waals surface area contributed by atoms with E-state index in [-0.39, 0.29) is 6.10 Å². The lowest BCUT2D eigenvalue weighted by Crippen LogP contribution is -2.34. The van der Waals surface area contributed by atoms with Crippen LogP contribution in [0.25, 0.3) is 0 Å². The number of methoxy groups -OCH3 is 1. The molecule has 0 saturated heterocycles. The van der Waals surface area contributed by atoms with Gasteiger partial charge < -0.3 is 9.84 Å². The number of aliphatic hydroxyl groups is 1. The molecule has 0 bridgehead atoms. The third kappa shape index (κ3) is 3.55. The van der Waals surface area contributed by atoms with Crippen LogP contribution in [0.1, 0.15) is 18.7 Å². The average Bonchev–Trinajstić information content (AvgIpc) is 2.52. The highest BCUT2D eigenvalue weighted by atomic mass is 79.9. The van der Waals surface area contributed by atoms with Crippen molar-refractivity contribution < 1.29 is 9.84 Å². The van der Waals surface area contributed by atoms with Crippen LogP contribution in [-0.4, -0.2) is 24.4 Å². The molecule has 4 heteroatoms. The van der Waals surface area contributed by atoms with Crippen molar-refractivity contribution in [3.05, 3.63) is 20.8 Å². The fourth-order valence-corrected chi connectivity index (χ4v) is 3.22. The smallest absolute Gasteiger partial charge is 0.0856 e. The van der Waals surface area contributed by atoms with Crippen molar-refractivity contribution in [3.8, 4) is 0 Å². The SMILES string of the molecule is COC(C(C)C)C(O)Cc1sccc1Br. The van der Waals surface area contributed by atoms with E-state index in [1.54, 1.807) is 18.4 Å². The molecule has 1 N–H and O–H groups in total. The lowest BCUT2D eigenvalue weighted by atomic mass is 9.99. The Morgan fingerprint density at radius 1 is 1.53 bits per heavy atom. The number of hydrogen-bond donors (Lipinski definition) is 1. The molecule has 0 fully saturated rings. The molecular formula is C11H17BrO2S. The van der Waals surface area contributed by atoms with Gasteiger partial charge in [-0.15, -0.1) is 11.3 Å². The Balaban J connectivity index is 2.62. The molecule has 0 aromatic carbocycles. The van der Waals surface area contributed by atoms with Gasteiger partial charge in [0.25, 0.3) is 0 Å². The summed E-state index contributed by atoms with van der Waals surface area (Å²) in [5.41, 5.74) is 0. The van der Waals surface area contributed by atoms with Gasteiger partial charge in [0.15, 0.2) is 0 Å². The highest BCUT2D eigenvalue weighted by Crippen LogP contribution is 2.25. The molecule has 1 rings (SSSR count). The summed E-state index contributed by atoms with van der Waals surface area (Å²) in [6.07, 6.45) is 0.110. The van der Waals surface area contributed by atoms with E-state index in [0.29, 0.717) is 12.3 Å². The zero-order valence-electron chi connectivity index (χ0n) is 9.24. The van der Waals surface area contributed by atoms with E-state index in [1.807, 2.05) is 11.4 Å². The Hall–Kier alpha value is 0.100. The van der Waals surface area contributed by atoms with Crippen molar-refractivity contribution in [2.75, 3.05) is 7.11 Å².